The van der Waals surface area contributed by atoms with E-state index in [-0.39, 0.29) is 30.3 Å². The number of carbonyl (C=O) groups is 2. The summed E-state index contributed by atoms with van der Waals surface area (Å²) in [5, 5.41) is 9.06. The van der Waals surface area contributed by atoms with Crippen LogP contribution in [0, 0.1) is 5.92 Å². The van der Waals surface area contributed by atoms with Gasteiger partial charge in [-0.3, -0.25) is 14.6 Å². The Labute approximate surface area is 132 Å². The molecule has 7 nitrogen and oxygen atoms in total. The fraction of sp³-hybridized carbons (Fsp3) is 0.800. The van der Waals surface area contributed by atoms with E-state index < -0.39 is 0 Å². The SMILES string of the molecule is CCCNC(=O)CNC(=NC)NC1CCN(C(=O)C(C)C)C1. The first-order valence-corrected chi connectivity index (χ1v) is 8.00. The van der Waals surface area contributed by atoms with Crippen molar-refractivity contribution in [1.82, 2.24) is 20.9 Å². The lowest BCUT2D eigenvalue weighted by atomic mass is 10.2. The minimum absolute atomic E-state index is 0.0263. The molecule has 3 N–H and O–H groups in total. The predicted molar refractivity (Wildman–Crippen MR) is 87.6 cm³/mol. The fourth-order valence-corrected chi connectivity index (χ4v) is 2.32. The van der Waals surface area contributed by atoms with Crippen LogP contribution in [0.2, 0.25) is 0 Å². The van der Waals surface area contributed by atoms with Gasteiger partial charge >= 0.3 is 0 Å². The predicted octanol–water partition coefficient (Wildman–Crippen LogP) is -0.0655. The van der Waals surface area contributed by atoms with Crippen molar-refractivity contribution in [1.29, 1.82) is 0 Å². The van der Waals surface area contributed by atoms with Crippen molar-refractivity contribution < 1.29 is 9.59 Å². The zero-order chi connectivity index (χ0) is 16.5. The van der Waals surface area contributed by atoms with Gasteiger partial charge in [0.25, 0.3) is 0 Å². The molecule has 0 bridgehead atoms. The summed E-state index contributed by atoms with van der Waals surface area (Å²) in [5.74, 6) is 0.757. The Kier molecular flexibility index (Phi) is 7.70. The highest BCUT2D eigenvalue weighted by Crippen LogP contribution is 2.12. The number of rotatable bonds is 6. The first kappa shape index (κ1) is 18.3. The summed E-state index contributed by atoms with van der Waals surface area (Å²) in [7, 11) is 1.67. The smallest absolute Gasteiger partial charge is 0.239 e. The summed E-state index contributed by atoms with van der Waals surface area (Å²) in [4.78, 5) is 29.5. The number of amides is 2. The first-order chi connectivity index (χ1) is 10.5. The molecule has 2 amide bonds. The number of nitrogens with one attached hydrogen (secondary N) is 3. The molecule has 7 heteroatoms. The van der Waals surface area contributed by atoms with Crippen LogP contribution in [-0.4, -0.2) is 61.9 Å². The standard InChI is InChI=1S/C15H29N5O2/c1-5-7-17-13(21)9-18-15(16-4)19-12-6-8-20(10-12)14(22)11(2)3/h11-12H,5-10H2,1-4H3,(H,17,21)(H2,16,18,19). The molecule has 22 heavy (non-hydrogen) atoms. The lowest BCUT2D eigenvalue weighted by Gasteiger charge is -2.20. The monoisotopic (exact) mass is 311 g/mol. The zero-order valence-electron chi connectivity index (χ0n) is 14.1. The molecule has 1 aliphatic heterocycles. The van der Waals surface area contributed by atoms with Crippen molar-refractivity contribution in [2.24, 2.45) is 10.9 Å². The fourth-order valence-electron chi connectivity index (χ4n) is 2.32. The molecule has 0 saturated carbocycles. The molecule has 0 radical (unpaired) electrons. The lowest BCUT2D eigenvalue weighted by molar-refractivity contribution is -0.133. The second-order valence-corrected chi connectivity index (χ2v) is 5.84. The molecular formula is C15H29N5O2. The largest absolute Gasteiger partial charge is 0.355 e. The van der Waals surface area contributed by atoms with E-state index in [0.29, 0.717) is 19.0 Å². The minimum Gasteiger partial charge on any atom is -0.355 e. The van der Waals surface area contributed by atoms with E-state index in [1.165, 1.54) is 0 Å². The van der Waals surface area contributed by atoms with Gasteiger partial charge in [-0.05, 0) is 12.8 Å². The normalized spacial score (nSPS) is 18.5. The quantitative estimate of drug-likeness (QED) is 0.474. The minimum atomic E-state index is -0.0483. The summed E-state index contributed by atoms with van der Waals surface area (Å²) in [5.41, 5.74) is 0. The molecule has 0 aromatic heterocycles. The molecule has 1 heterocycles. The zero-order valence-corrected chi connectivity index (χ0v) is 14.1. The van der Waals surface area contributed by atoms with Crippen LogP contribution in [0.5, 0.6) is 0 Å². The molecule has 1 saturated heterocycles. The topological polar surface area (TPSA) is 85.8 Å². The van der Waals surface area contributed by atoms with Crippen molar-refractivity contribution in [3.8, 4) is 0 Å². The van der Waals surface area contributed by atoms with Crippen LogP contribution in [0.25, 0.3) is 0 Å². The maximum Gasteiger partial charge on any atom is 0.239 e. The molecule has 1 unspecified atom stereocenters. The van der Waals surface area contributed by atoms with Crippen LogP contribution in [0.4, 0.5) is 0 Å². The molecule has 0 aromatic rings. The van der Waals surface area contributed by atoms with Gasteiger partial charge in [-0.25, -0.2) is 0 Å². The lowest BCUT2D eigenvalue weighted by Crippen LogP contribution is -2.48. The molecule has 1 fully saturated rings. The van der Waals surface area contributed by atoms with Gasteiger partial charge in [0, 0.05) is 38.6 Å². The van der Waals surface area contributed by atoms with Crippen molar-refractivity contribution in [3.63, 3.8) is 0 Å². The molecule has 0 aliphatic carbocycles. The molecule has 1 atom stereocenters. The number of hydrogen-bond donors (Lipinski definition) is 3. The van der Waals surface area contributed by atoms with Gasteiger partial charge in [-0.1, -0.05) is 20.8 Å². The Morgan fingerprint density at radius 2 is 2.05 bits per heavy atom. The van der Waals surface area contributed by atoms with E-state index in [2.05, 4.69) is 20.9 Å². The number of nitrogens with zero attached hydrogens (tertiary/aromatic N) is 2. The summed E-state index contributed by atoms with van der Waals surface area (Å²) in [6.07, 6.45) is 1.81. The number of likely N-dealkylation sites (tertiary alicyclic amines) is 1. The Morgan fingerprint density at radius 1 is 1.32 bits per heavy atom. The van der Waals surface area contributed by atoms with E-state index in [1.54, 1.807) is 7.05 Å². The van der Waals surface area contributed by atoms with Gasteiger partial charge in [-0.2, -0.15) is 0 Å². The molecule has 1 rings (SSSR count). The Bertz CT molecular complexity index is 409. The van der Waals surface area contributed by atoms with Gasteiger partial charge in [-0.15, -0.1) is 0 Å². The van der Waals surface area contributed by atoms with Gasteiger partial charge in [0.2, 0.25) is 11.8 Å². The Morgan fingerprint density at radius 3 is 2.64 bits per heavy atom. The first-order valence-electron chi connectivity index (χ1n) is 8.00. The van der Waals surface area contributed by atoms with Gasteiger partial charge in [0.1, 0.15) is 0 Å². The Balaban J connectivity index is 2.35. The second kappa shape index (κ2) is 9.27. The summed E-state index contributed by atoms with van der Waals surface area (Å²) < 4.78 is 0. The highest BCUT2D eigenvalue weighted by Gasteiger charge is 2.27. The van der Waals surface area contributed by atoms with Crippen LogP contribution in [0.1, 0.15) is 33.6 Å². The number of aliphatic imine (C=N–C) groups is 1. The number of carbonyl (C=O) groups excluding carboxylic acids is 2. The third kappa shape index (κ3) is 5.91. The maximum atomic E-state index is 12.0. The number of guanidine groups is 1. The van der Waals surface area contributed by atoms with Crippen molar-refractivity contribution in [2.75, 3.05) is 33.2 Å². The van der Waals surface area contributed by atoms with Crippen molar-refractivity contribution in [3.05, 3.63) is 0 Å². The van der Waals surface area contributed by atoms with Crippen LogP contribution in [0.15, 0.2) is 4.99 Å². The molecule has 1 aliphatic rings. The molecular weight excluding hydrogens is 282 g/mol. The van der Waals surface area contributed by atoms with Gasteiger partial charge < -0.3 is 20.9 Å². The Hall–Kier alpha value is -1.79. The van der Waals surface area contributed by atoms with E-state index in [9.17, 15) is 9.59 Å². The van der Waals surface area contributed by atoms with Crippen molar-refractivity contribution >= 4 is 17.8 Å². The van der Waals surface area contributed by atoms with Crippen LogP contribution in [-0.2, 0) is 9.59 Å². The molecule has 0 spiro atoms. The summed E-state index contributed by atoms with van der Waals surface area (Å²) >= 11 is 0. The van der Waals surface area contributed by atoms with Crippen LogP contribution < -0.4 is 16.0 Å². The molecule has 126 valence electrons. The second-order valence-electron chi connectivity index (χ2n) is 5.84. The van der Waals surface area contributed by atoms with E-state index in [1.807, 2.05) is 25.7 Å². The van der Waals surface area contributed by atoms with E-state index in [0.717, 1.165) is 19.4 Å². The molecule has 0 aromatic carbocycles. The van der Waals surface area contributed by atoms with Gasteiger partial charge in [0.15, 0.2) is 5.96 Å². The summed E-state index contributed by atoms with van der Waals surface area (Å²) in [6, 6.07) is 0.174. The van der Waals surface area contributed by atoms with Gasteiger partial charge in [0.05, 0.1) is 6.54 Å². The van der Waals surface area contributed by atoms with Crippen LogP contribution >= 0.6 is 0 Å². The highest BCUT2D eigenvalue weighted by molar-refractivity contribution is 5.86. The van der Waals surface area contributed by atoms with E-state index in [4.69, 9.17) is 0 Å². The average molecular weight is 311 g/mol. The average Bonchev–Trinajstić information content (AvgIpc) is 2.96. The summed E-state index contributed by atoms with van der Waals surface area (Å²) in [6.45, 7) is 8.17. The highest BCUT2D eigenvalue weighted by atomic mass is 16.2. The maximum absolute atomic E-state index is 12.0. The third-order valence-corrected chi connectivity index (χ3v) is 3.55. The van der Waals surface area contributed by atoms with Crippen molar-refractivity contribution in [2.45, 2.75) is 39.7 Å². The third-order valence-electron chi connectivity index (χ3n) is 3.55. The van der Waals surface area contributed by atoms with E-state index >= 15 is 0 Å². The number of hydrogen-bond acceptors (Lipinski definition) is 3. The van der Waals surface area contributed by atoms with Crippen LogP contribution in [0.3, 0.4) is 0 Å².